The van der Waals surface area contributed by atoms with Gasteiger partial charge in [-0.2, -0.15) is 0 Å². The molecule has 6 heteroatoms. The number of hydrogen-bond acceptors (Lipinski definition) is 5. The molecule has 0 bridgehead atoms. The van der Waals surface area contributed by atoms with E-state index in [2.05, 4.69) is 5.32 Å². The SMILES string of the molecule is O=C(COC(=O)c1ccc(C2SCCS2)cc1)NCC1CCCCC1. The second kappa shape index (κ2) is 9.53. The minimum absolute atomic E-state index is 0.207. The van der Waals surface area contributed by atoms with E-state index >= 15 is 0 Å². The van der Waals surface area contributed by atoms with E-state index < -0.39 is 5.97 Å². The summed E-state index contributed by atoms with van der Waals surface area (Å²) in [6, 6.07) is 7.54. The van der Waals surface area contributed by atoms with Crippen LogP contribution in [0, 0.1) is 5.92 Å². The average molecular weight is 380 g/mol. The van der Waals surface area contributed by atoms with Crippen LogP contribution in [-0.2, 0) is 9.53 Å². The number of nitrogens with one attached hydrogen (secondary N) is 1. The van der Waals surface area contributed by atoms with Crippen molar-refractivity contribution >= 4 is 35.4 Å². The highest BCUT2D eigenvalue weighted by molar-refractivity contribution is 8.19. The summed E-state index contributed by atoms with van der Waals surface area (Å²) in [5, 5.41) is 2.88. The standard InChI is InChI=1S/C19H25NO3S2/c21-17(20-12-14-4-2-1-3-5-14)13-23-18(22)15-6-8-16(9-7-15)19-24-10-11-25-19/h6-9,14,19H,1-5,10-13H2,(H,20,21). The van der Waals surface area contributed by atoms with Gasteiger partial charge in [0.25, 0.3) is 5.91 Å². The van der Waals surface area contributed by atoms with Gasteiger partial charge >= 0.3 is 5.97 Å². The molecule has 1 aromatic rings. The van der Waals surface area contributed by atoms with Gasteiger partial charge in [-0.15, -0.1) is 23.5 Å². The van der Waals surface area contributed by atoms with Crippen molar-refractivity contribution in [3.8, 4) is 0 Å². The largest absolute Gasteiger partial charge is 0.452 e. The molecule has 1 aliphatic carbocycles. The molecular weight excluding hydrogens is 354 g/mol. The second-order valence-electron chi connectivity index (χ2n) is 6.58. The molecule has 0 aromatic heterocycles. The van der Waals surface area contributed by atoms with E-state index in [4.69, 9.17) is 4.74 Å². The van der Waals surface area contributed by atoms with Crippen LogP contribution in [0.15, 0.2) is 24.3 Å². The summed E-state index contributed by atoms with van der Waals surface area (Å²) in [6.45, 7) is 0.490. The Hall–Kier alpha value is -1.14. The van der Waals surface area contributed by atoms with Crippen LogP contribution in [0.4, 0.5) is 0 Å². The molecule has 0 atom stereocenters. The highest BCUT2D eigenvalue weighted by atomic mass is 32.2. The molecule has 1 saturated heterocycles. The molecule has 0 unspecified atom stereocenters. The van der Waals surface area contributed by atoms with Gasteiger partial charge in [-0.1, -0.05) is 31.4 Å². The fraction of sp³-hybridized carbons (Fsp3) is 0.579. The van der Waals surface area contributed by atoms with Crippen LogP contribution in [0.5, 0.6) is 0 Å². The Morgan fingerprint density at radius 2 is 1.72 bits per heavy atom. The van der Waals surface area contributed by atoms with Gasteiger partial charge in [0.05, 0.1) is 10.1 Å². The Kier molecular flexibility index (Phi) is 7.11. The minimum Gasteiger partial charge on any atom is -0.452 e. The maximum absolute atomic E-state index is 12.1. The van der Waals surface area contributed by atoms with Gasteiger partial charge < -0.3 is 10.1 Å². The lowest BCUT2D eigenvalue weighted by atomic mass is 9.89. The zero-order valence-corrected chi connectivity index (χ0v) is 16.0. The highest BCUT2D eigenvalue weighted by Gasteiger charge is 2.19. The van der Waals surface area contributed by atoms with E-state index in [9.17, 15) is 9.59 Å². The molecule has 2 aliphatic rings. The average Bonchev–Trinajstić information content (AvgIpc) is 3.20. The summed E-state index contributed by atoms with van der Waals surface area (Å²) in [4.78, 5) is 23.9. The topological polar surface area (TPSA) is 55.4 Å². The van der Waals surface area contributed by atoms with E-state index in [0.29, 0.717) is 22.6 Å². The Bertz CT molecular complexity index is 579. The van der Waals surface area contributed by atoms with Gasteiger partial charge in [-0.3, -0.25) is 4.79 Å². The van der Waals surface area contributed by atoms with Crippen LogP contribution in [0.3, 0.4) is 0 Å². The fourth-order valence-electron chi connectivity index (χ4n) is 3.24. The Morgan fingerprint density at radius 3 is 2.40 bits per heavy atom. The van der Waals surface area contributed by atoms with Crippen molar-refractivity contribution in [3.05, 3.63) is 35.4 Å². The first kappa shape index (κ1) is 18.6. The van der Waals surface area contributed by atoms with Crippen LogP contribution < -0.4 is 5.32 Å². The molecule has 0 radical (unpaired) electrons. The Morgan fingerprint density at radius 1 is 1.04 bits per heavy atom. The van der Waals surface area contributed by atoms with E-state index in [0.717, 1.165) is 0 Å². The van der Waals surface area contributed by atoms with Crippen molar-refractivity contribution in [3.63, 3.8) is 0 Å². The van der Waals surface area contributed by atoms with Crippen molar-refractivity contribution in [1.82, 2.24) is 5.32 Å². The molecule has 4 nitrogen and oxygen atoms in total. The summed E-state index contributed by atoms with van der Waals surface area (Å²) in [7, 11) is 0. The molecule has 1 N–H and O–H groups in total. The lowest BCUT2D eigenvalue weighted by molar-refractivity contribution is -0.124. The summed E-state index contributed by atoms with van der Waals surface area (Å²) in [5.74, 6) is 2.28. The number of carbonyl (C=O) groups is 2. The Labute approximate surface area is 157 Å². The third kappa shape index (κ3) is 5.68. The minimum atomic E-state index is -0.439. The van der Waals surface area contributed by atoms with E-state index in [-0.39, 0.29) is 12.5 Å². The number of esters is 1. The third-order valence-electron chi connectivity index (χ3n) is 4.69. The van der Waals surface area contributed by atoms with Crippen molar-refractivity contribution in [2.75, 3.05) is 24.7 Å². The van der Waals surface area contributed by atoms with E-state index in [1.165, 1.54) is 49.2 Å². The number of ether oxygens (including phenoxy) is 1. The molecule has 3 rings (SSSR count). The van der Waals surface area contributed by atoms with Gasteiger partial charge in [-0.25, -0.2) is 4.79 Å². The third-order valence-corrected chi connectivity index (χ3v) is 7.79. The molecule has 1 aliphatic heterocycles. The number of benzene rings is 1. The predicted molar refractivity (Wildman–Crippen MR) is 104 cm³/mol. The van der Waals surface area contributed by atoms with E-state index in [1.807, 2.05) is 35.7 Å². The quantitative estimate of drug-likeness (QED) is 0.757. The van der Waals surface area contributed by atoms with Crippen LogP contribution in [0.1, 0.15) is 52.6 Å². The van der Waals surface area contributed by atoms with Gasteiger partial charge in [0, 0.05) is 18.1 Å². The van der Waals surface area contributed by atoms with E-state index in [1.54, 1.807) is 12.1 Å². The number of thioether (sulfide) groups is 2. The number of rotatable bonds is 6. The van der Waals surface area contributed by atoms with Crippen molar-refractivity contribution in [2.45, 2.75) is 36.7 Å². The molecule has 1 saturated carbocycles. The van der Waals surface area contributed by atoms with Crippen LogP contribution >= 0.6 is 23.5 Å². The monoisotopic (exact) mass is 379 g/mol. The highest BCUT2D eigenvalue weighted by Crippen LogP contribution is 2.45. The number of carbonyl (C=O) groups excluding carboxylic acids is 2. The smallest absolute Gasteiger partial charge is 0.338 e. The molecule has 2 fully saturated rings. The molecule has 0 spiro atoms. The lowest BCUT2D eigenvalue weighted by Gasteiger charge is -2.21. The normalized spacial score (nSPS) is 18.9. The molecule has 1 heterocycles. The Balaban J connectivity index is 1.39. The molecule has 25 heavy (non-hydrogen) atoms. The molecule has 1 aromatic carbocycles. The first-order chi connectivity index (χ1) is 12.2. The first-order valence-electron chi connectivity index (χ1n) is 8.99. The maximum atomic E-state index is 12.1. The number of hydrogen-bond donors (Lipinski definition) is 1. The summed E-state index contributed by atoms with van der Waals surface area (Å²) in [6.07, 6.45) is 6.18. The fourth-order valence-corrected chi connectivity index (χ4v) is 6.10. The van der Waals surface area contributed by atoms with Crippen LogP contribution in [0.25, 0.3) is 0 Å². The van der Waals surface area contributed by atoms with Crippen molar-refractivity contribution < 1.29 is 14.3 Å². The van der Waals surface area contributed by atoms with Crippen LogP contribution in [0.2, 0.25) is 0 Å². The molecule has 136 valence electrons. The predicted octanol–water partition coefficient (Wildman–Crippen LogP) is 4.02. The van der Waals surface area contributed by atoms with Crippen LogP contribution in [-0.4, -0.2) is 36.5 Å². The van der Waals surface area contributed by atoms with Crippen molar-refractivity contribution in [1.29, 1.82) is 0 Å². The molecule has 1 amide bonds. The summed E-state index contributed by atoms with van der Waals surface area (Å²) in [5.41, 5.74) is 1.73. The number of amides is 1. The van der Waals surface area contributed by atoms with Gasteiger partial charge in [-0.05, 0) is 36.5 Å². The molecular formula is C19H25NO3S2. The summed E-state index contributed by atoms with van der Waals surface area (Å²) < 4.78 is 5.60. The van der Waals surface area contributed by atoms with Gasteiger partial charge in [0.15, 0.2) is 6.61 Å². The first-order valence-corrected chi connectivity index (χ1v) is 11.1. The second-order valence-corrected chi connectivity index (χ2v) is 9.30. The summed E-state index contributed by atoms with van der Waals surface area (Å²) >= 11 is 3.87. The van der Waals surface area contributed by atoms with Gasteiger partial charge in [0.2, 0.25) is 0 Å². The zero-order valence-electron chi connectivity index (χ0n) is 14.4. The van der Waals surface area contributed by atoms with Gasteiger partial charge in [0.1, 0.15) is 0 Å². The maximum Gasteiger partial charge on any atom is 0.338 e. The van der Waals surface area contributed by atoms with Crippen molar-refractivity contribution in [2.24, 2.45) is 5.92 Å². The lowest BCUT2D eigenvalue weighted by Crippen LogP contribution is -2.33. The zero-order chi connectivity index (χ0) is 17.5.